The molecular weight excluding hydrogens is 504 g/mol. The predicted molar refractivity (Wildman–Crippen MR) is 169 cm³/mol. The Balaban J connectivity index is 1.04. The van der Waals surface area contributed by atoms with E-state index in [1.165, 1.54) is 88.2 Å². The molecule has 41 heavy (non-hydrogen) atoms. The van der Waals surface area contributed by atoms with E-state index in [4.69, 9.17) is 4.74 Å². The van der Waals surface area contributed by atoms with Crippen LogP contribution in [0.4, 0.5) is 0 Å². The number of aryl methyl sites for hydroxylation is 1. The van der Waals surface area contributed by atoms with Gasteiger partial charge in [-0.2, -0.15) is 5.10 Å². The molecule has 222 valence electrons. The third kappa shape index (κ3) is 7.62. The maximum atomic E-state index is 13.6. The SMILES string of the molecule is CCCCCCCCCCCCOc1ccc(C=NNC(=O)C23C[C@H]4C[C@@H](C2)CC(c2ccc(C)cc2)(C4)C3)cc1. The minimum atomic E-state index is -0.279. The van der Waals surface area contributed by atoms with E-state index in [1.807, 2.05) is 24.3 Å². The Kier molecular flexibility index (Phi) is 10.2. The lowest BCUT2D eigenvalue weighted by atomic mass is 9.42. The number of rotatable bonds is 16. The van der Waals surface area contributed by atoms with Crippen molar-refractivity contribution in [2.75, 3.05) is 6.61 Å². The van der Waals surface area contributed by atoms with Gasteiger partial charge in [0.25, 0.3) is 0 Å². The summed E-state index contributed by atoms with van der Waals surface area (Å²) >= 11 is 0. The van der Waals surface area contributed by atoms with Gasteiger partial charge in [0.2, 0.25) is 5.91 Å². The van der Waals surface area contributed by atoms with E-state index < -0.39 is 0 Å². The highest BCUT2D eigenvalue weighted by Crippen LogP contribution is 2.65. The van der Waals surface area contributed by atoms with E-state index in [0.29, 0.717) is 11.8 Å². The van der Waals surface area contributed by atoms with Gasteiger partial charge in [0, 0.05) is 0 Å². The van der Waals surface area contributed by atoms with Crippen molar-refractivity contribution >= 4 is 12.1 Å². The average molecular weight is 557 g/mol. The van der Waals surface area contributed by atoms with Crippen molar-refractivity contribution in [3.63, 3.8) is 0 Å². The summed E-state index contributed by atoms with van der Waals surface area (Å²) in [5, 5.41) is 4.40. The summed E-state index contributed by atoms with van der Waals surface area (Å²) in [7, 11) is 0. The fourth-order valence-corrected chi connectivity index (χ4v) is 8.49. The van der Waals surface area contributed by atoms with Crippen molar-refractivity contribution in [2.24, 2.45) is 22.4 Å². The largest absolute Gasteiger partial charge is 0.494 e. The number of nitrogens with one attached hydrogen (secondary N) is 1. The number of hydrogen-bond donors (Lipinski definition) is 1. The van der Waals surface area contributed by atoms with E-state index in [1.54, 1.807) is 6.21 Å². The van der Waals surface area contributed by atoms with Crippen LogP contribution in [0.3, 0.4) is 0 Å². The van der Waals surface area contributed by atoms with E-state index in [-0.39, 0.29) is 16.7 Å². The second-order valence-electron chi connectivity index (χ2n) is 13.7. The zero-order chi connectivity index (χ0) is 28.5. The molecule has 2 unspecified atom stereocenters. The van der Waals surface area contributed by atoms with Crippen molar-refractivity contribution in [1.29, 1.82) is 0 Å². The van der Waals surface area contributed by atoms with E-state index in [2.05, 4.69) is 48.6 Å². The van der Waals surface area contributed by atoms with E-state index in [9.17, 15) is 4.79 Å². The zero-order valence-corrected chi connectivity index (χ0v) is 25.6. The first kappa shape index (κ1) is 29.9. The number of amides is 1. The molecule has 0 heterocycles. The van der Waals surface area contributed by atoms with Crippen LogP contribution in [0.5, 0.6) is 5.75 Å². The van der Waals surface area contributed by atoms with Crippen molar-refractivity contribution in [2.45, 2.75) is 122 Å². The molecule has 1 N–H and O–H groups in total. The molecular formula is C37H52N2O2. The lowest BCUT2D eigenvalue weighted by Gasteiger charge is -2.61. The van der Waals surface area contributed by atoms with Crippen LogP contribution in [0.2, 0.25) is 0 Å². The third-order valence-electron chi connectivity index (χ3n) is 10.2. The highest BCUT2D eigenvalue weighted by atomic mass is 16.5. The number of carbonyl (C=O) groups is 1. The van der Waals surface area contributed by atoms with Crippen molar-refractivity contribution in [3.05, 3.63) is 65.2 Å². The first-order chi connectivity index (χ1) is 20.0. The summed E-state index contributed by atoms with van der Waals surface area (Å²) in [5.41, 5.74) is 6.54. The molecule has 2 aromatic rings. The Morgan fingerprint density at radius 1 is 0.854 bits per heavy atom. The van der Waals surface area contributed by atoms with Crippen molar-refractivity contribution in [3.8, 4) is 5.75 Å². The molecule has 0 spiro atoms. The molecule has 4 aliphatic rings. The van der Waals surface area contributed by atoms with Gasteiger partial charge in [-0.1, -0.05) is 94.5 Å². The second-order valence-corrected chi connectivity index (χ2v) is 13.7. The number of unbranched alkanes of at least 4 members (excludes halogenated alkanes) is 9. The van der Waals surface area contributed by atoms with Crippen LogP contribution >= 0.6 is 0 Å². The maximum absolute atomic E-state index is 13.6. The number of benzene rings is 2. The quantitative estimate of drug-likeness (QED) is 0.127. The summed E-state index contributed by atoms with van der Waals surface area (Å²) in [5.74, 6) is 2.33. The monoisotopic (exact) mass is 556 g/mol. The van der Waals surface area contributed by atoms with Gasteiger partial charge < -0.3 is 4.74 Å². The van der Waals surface area contributed by atoms with Gasteiger partial charge in [0.05, 0.1) is 18.2 Å². The summed E-state index contributed by atoms with van der Waals surface area (Å²) in [4.78, 5) is 13.6. The molecule has 1 amide bonds. The Morgan fingerprint density at radius 2 is 1.46 bits per heavy atom. The number of nitrogens with zero attached hydrogens (tertiary/aromatic N) is 1. The van der Waals surface area contributed by atoms with Gasteiger partial charge in [0.15, 0.2) is 0 Å². The summed E-state index contributed by atoms with van der Waals surface area (Å²) in [6.07, 6.45) is 21.8. The fraction of sp³-hybridized carbons (Fsp3) is 0.622. The topological polar surface area (TPSA) is 50.7 Å². The van der Waals surface area contributed by atoms with Crippen LogP contribution in [-0.2, 0) is 10.2 Å². The molecule has 4 bridgehead atoms. The smallest absolute Gasteiger partial charge is 0.246 e. The standard InChI is InChI=1S/C37H52N2O2/c1-3-4-5-6-7-8-9-10-11-12-21-41-34-19-15-30(16-20-34)27-38-39-35(40)37-25-31-22-32(26-37)24-36(23-31,28-37)33-17-13-29(2)14-18-33/h13-20,27,31-32H,3-12,21-26,28H2,1-2H3,(H,39,40)/t31-,32+,36?,37?. The summed E-state index contributed by atoms with van der Waals surface area (Å²) < 4.78 is 5.95. The molecule has 6 rings (SSSR count). The van der Waals surface area contributed by atoms with Crippen LogP contribution in [0.15, 0.2) is 53.6 Å². The zero-order valence-electron chi connectivity index (χ0n) is 25.6. The van der Waals surface area contributed by atoms with Crippen LogP contribution in [0.1, 0.15) is 126 Å². The molecule has 4 aliphatic carbocycles. The molecule has 4 saturated carbocycles. The molecule has 4 nitrogen and oxygen atoms in total. The predicted octanol–water partition coefficient (Wildman–Crippen LogP) is 9.28. The first-order valence-corrected chi connectivity index (χ1v) is 16.6. The van der Waals surface area contributed by atoms with Gasteiger partial charge in [-0.15, -0.1) is 0 Å². The lowest BCUT2D eigenvalue weighted by molar-refractivity contribution is -0.149. The van der Waals surface area contributed by atoms with Gasteiger partial charge in [-0.25, -0.2) is 5.43 Å². The highest BCUT2D eigenvalue weighted by Gasteiger charge is 2.60. The average Bonchev–Trinajstić information content (AvgIpc) is 2.96. The Bertz CT molecular complexity index is 1120. The third-order valence-corrected chi connectivity index (χ3v) is 10.2. The number of hydrazone groups is 1. The van der Waals surface area contributed by atoms with Crippen LogP contribution in [0.25, 0.3) is 0 Å². The normalized spacial score (nSPS) is 26.5. The molecule has 2 aromatic carbocycles. The second kappa shape index (κ2) is 14.0. The molecule has 0 radical (unpaired) electrons. The van der Waals surface area contributed by atoms with Crippen LogP contribution in [0, 0.1) is 24.2 Å². The van der Waals surface area contributed by atoms with Crippen molar-refractivity contribution < 1.29 is 9.53 Å². The molecule has 4 heteroatoms. The molecule has 0 saturated heterocycles. The number of hydrogen-bond acceptors (Lipinski definition) is 3. The molecule has 4 atom stereocenters. The Morgan fingerprint density at radius 3 is 2.10 bits per heavy atom. The lowest BCUT2D eigenvalue weighted by Crippen LogP contribution is -2.58. The maximum Gasteiger partial charge on any atom is 0.246 e. The molecule has 0 aromatic heterocycles. The van der Waals surface area contributed by atoms with Crippen molar-refractivity contribution in [1.82, 2.24) is 5.43 Å². The molecule has 0 aliphatic heterocycles. The van der Waals surface area contributed by atoms with Gasteiger partial charge in [0.1, 0.15) is 5.75 Å². The van der Waals surface area contributed by atoms with Gasteiger partial charge in [-0.05, 0) is 105 Å². The number of carbonyl (C=O) groups excluding carboxylic acids is 1. The fourth-order valence-electron chi connectivity index (χ4n) is 8.49. The summed E-state index contributed by atoms with van der Waals surface area (Å²) in [6, 6.07) is 17.1. The highest BCUT2D eigenvalue weighted by molar-refractivity contribution is 5.86. The van der Waals surface area contributed by atoms with Gasteiger partial charge in [-0.3, -0.25) is 4.79 Å². The Labute approximate surface area is 248 Å². The first-order valence-electron chi connectivity index (χ1n) is 16.6. The summed E-state index contributed by atoms with van der Waals surface area (Å²) in [6.45, 7) is 5.20. The van der Waals surface area contributed by atoms with Gasteiger partial charge >= 0.3 is 0 Å². The molecule has 4 fully saturated rings. The minimum Gasteiger partial charge on any atom is -0.494 e. The number of ether oxygens (including phenoxy) is 1. The Hall–Kier alpha value is -2.62. The van der Waals surface area contributed by atoms with E-state index in [0.717, 1.165) is 43.6 Å². The van der Waals surface area contributed by atoms with E-state index >= 15 is 0 Å². The minimum absolute atomic E-state index is 0.121. The van der Waals surface area contributed by atoms with Crippen LogP contribution < -0.4 is 10.2 Å². The van der Waals surface area contributed by atoms with Crippen LogP contribution in [-0.4, -0.2) is 18.7 Å².